The van der Waals surface area contributed by atoms with E-state index in [9.17, 15) is 9.59 Å². The molecule has 21 atom stereocenters. The summed E-state index contributed by atoms with van der Waals surface area (Å²) in [7, 11) is -4.03. The summed E-state index contributed by atoms with van der Waals surface area (Å²) in [6.45, 7) is 77.9. The van der Waals surface area contributed by atoms with E-state index in [2.05, 4.69) is 250 Å². The Hall–Kier alpha value is -2.67. The minimum atomic E-state index is -1.88. The van der Waals surface area contributed by atoms with Crippen LogP contribution in [0.5, 0.6) is 0 Å². The van der Waals surface area contributed by atoms with E-state index in [0.29, 0.717) is 48.5 Å². The second kappa shape index (κ2) is 59.9. The van der Waals surface area contributed by atoms with Crippen LogP contribution in [-0.2, 0) is 90.0 Å². The molecule has 0 N–H and O–H groups in total. The minimum absolute atomic E-state index is 0. The third-order valence-corrected chi connectivity index (χ3v) is 47.8. The fraction of sp³-hybridized carbons (Fsp3) is 0.770. The number of carbonyl (C=O) groups is 2. The molecule has 26 heteroatoms. The molecule has 6 unspecified atom stereocenters. The second-order valence-corrected chi connectivity index (χ2v) is 59.7. The van der Waals surface area contributed by atoms with E-state index in [0.717, 1.165) is 140 Å². The predicted octanol–water partition coefficient (Wildman–Crippen LogP) is 22.7. The van der Waals surface area contributed by atoms with Crippen molar-refractivity contribution in [3.8, 4) is 0 Å². The quantitative estimate of drug-likeness (QED) is 0.0151. The van der Waals surface area contributed by atoms with Crippen LogP contribution in [0.25, 0.3) is 0 Å². The van der Waals surface area contributed by atoms with Gasteiger partial charge in [-0.1, -0.05) is 225 Å². The number of methoxy groups -OCH3 is 2. The van der Waals surface area contributed by atoms with Gasteiger partial charge in [-0.15, -0.1) is 0 Å². The Bertz CT molecular complexity index is 3480. The average molecular weight is 1880 g/mol. The van der Waals surface area contributed by atoms with Gasteiger partial charge in [0.15, 0.2) is 33.3 Å². The van der Waals surface area contributed by atoms with Gasteiger partial charge in [-0.3, -0.25) is 4.79 Å². The molecule has 6 saturated heterocycles. The van der Waals surface area contributed by atoms with Gasteiger partial charge in [-0.25, -0.2) is 4.79 Å². The molecule has 0 bridgehead atoms. The number of unbranched alkanes of at least 4 members (excludes halogenated alkanes) is 1. The standard InChI is InChI=1S/C48H82O7Si2.C46H80O5Si2.C4H9.C2H3ClO2.Li.2O2S/c1-15-57(16-2,17-3)51-27-21-24-39-30-35(6)41(53-39)26-25-40-29-34(5)36(7)43(54-40)31-44-45(46(47(49)50-12)38-22-19-18-20-23-38)37(8)42(55-44)28-33(4)32-52-56(13,14)48(9,10)11;1-14-53(15-2,16-3)47-26-20-23-39-29-35(6)42(49-39)25-24-40-28-34(5)36(7)44(50-40)31-45-41(30-38-21-18-17-19-22-38)37(8)43(51-45)27-33(4)32-48-52(12,13)46(9,10)11;1-3-4-2;1-5-2(3)4;;2*1-3-2/h18-20,22-23,33-34,37,39-46H,6-7,15-17,21,24-32H2,1-5,8-14H3;17-19,21-22,33-34,37,39-45H,6-7,14-16,20,23-32H2,1-5,8-13H3;1,3-4H2,2H3;1H3;;;/q;;-1;;+1;;/t33-,34+,37-,39-,40-,41?,42+,43?,44-,45?,46+;33-,34+,37+,39-,40-,41?,42?,43+,44?,45-;;;;;/m00...../s1. The normalized spacial score (nSPS) is 27.1. The Morgan fingerprint density at radius 3 is 1.23 bits per heavy atom. The number of halogens is 1. The minimum Gasteiger partial charge on any atom is -0.469 e. The maximum absolute atomic E-state index is 13.7. The molecule has 6 fully saturated rings. The molecule has 6 aliphatic rings. The molecule has 126 heavy (non-hydrogen) atoms. The molecule has 8 rings (SSSR count). The Labute approximate surface area is 795 Å². The van der Waals surface area contributed by atoms with Gasteiger partial charge in [0.25, 0.3) is 0 Å². The van der Waals surface area contributed by atoms with Crippen molar-refractivity contribution in [3.05, 3.63) is 127 Å². The summed E-state index contributed by atoms with van der Waals surface area (Å²) < 4.78 is 110. The number of benzene rings is 2. The SMILES string of the molecule is C=C1C[C@H](CCCO[Si](CC)(CC)CC)OC1CC[C@H]1C[C@@H](C)C(=C)C(C[C@@H]2O[C@H](C[C@H](C)CO[Si](C)(C)C(C)(C)C)[C@H](C)C2Cc2ccccc2)O1.C=C1C[C@H](CCCO[Si](CC)(CC)CC)OC1CC[C@H]1C[C@@H](C)C(=C)C(C[C@@H]2O[C@H](C[C@H](C)CO[Si](C)(C)C(C)(C)C)[C@H](C)C2[C@H](C(=O)OC)c2ccccc2)O1.COC(=O)Cl.O=S=O.O=S=O.[CH2-]CCC.[Li+]. The van der Waals surface area contributed by atoms with Crippen molar-refractivity contribution in [3.63, 3.8) is 0 Å². The summed E-state index contributed by atoms with van der Waals surface area (Å²) in [4.78, 5) is 23.1. The van der Waals surface area contributed by atoms with Gasteiger partial charge < -0.3 is 62.5 Å². The second-order valence-electron chi connectivity index (χ2n) is 40.0. The first-order valence-electron chi connectivity index (χ1n) is 47.7. The third kappa shape index (κ3) is 39.0. The Morgan fingerprint density at radius 2 is 0.873 bits per heavy atom. The molecular formula is C100H174ClLiO18S2Si4. The number of ether oxygens (including phenoxy) is 8. The molecule has 0 radical (unpaired) electrons. The Kier molecular flexibility index (Phi) is 56.8. The Morgan fingerprint density at radius 1 is 0.516 bits per heavy atom. The first-order valence-corrected chi connectivity index (χ1v) is 60.2. The number of rotatable bonds is 42. The maximum atomic E-state index is 13.7. The van der Waals surface area contributed by atoms with Crippen LogP contribution in [0.4, 0.5) is 4.79 Å². The van der Waals surface area contributed by atoms with Crippen molar-refractivity contribution < 1.29 is 101 Å². The van der Waals surface area contributed by atoms with Gasteiger partial charge in [0.1, 0.15) is 0 Å². The van der Waals surface area contributed by atoms with E-state index in [-0.39, 0.29) is 120 Å². The van der Waals surface area contributed by atoms with Crippen LogP contribution in [0, 0.1) is 54.3 Å². The van der Waals surface area contributed by atoms with Gasteiger partial charge in [-0.2, -0.15) is 23.3 Å². The fourth-order valence-corrected chi connectivity index (χ4v) is 26.0. The summed E-state index contributed by atoms with van der Waals surface area (Å²) >= 11 is 3.10. The van der Waals surface area contributed by atoms with E-state index in [1.165, 1.54) is 79.2 Å². The van der Waals surface area contributed by atoms with Crippen molar-refractivity contribution in [2.24, 2.45) is 47.3 Å². The molecule has 6 aliphatic heterocycles. The van der Waals surface area contributed by atoms with Gasteiger partial charge in [0.05, 0.1) is 93.4 Å². The molecule has 2 aromatic carbocycles. The predicted molar refractivity (Wildman–Crippen MR) is 525 cm³/mol. The van der Waals surface area contributed by atoms with Crippen LogP contribution in [0.2, 0.25) is 72.5 Å². The molecule has 0 amide bonds. The molecule has 6 heterocycles. The molecule has 0 spiro atoms. The van der Waals surface area contributed by atoms with E-state index in [4.69, 9.17) is 67.7 Å². The maximum Gasteiger partial charge on any atom is 1.00 e. The molecule has 2 aromatic rings. The first-order chi connectivity index (χ1) is 58.9. The number of hydrogen-bond acceptors (Lipinski definition) is 18. The van der Waals surface area contributed by atoms with Crippen molar-refractivity contribution in [2.45, 2.75) is 405 Å². The van der Waals surface area contributed by atoms with Gasteiger partial charge in [0, 0.05) is 56.8 Å². The molecule has 718 valence electrons. The van der Waals surface area contributed by atoms with Crippen LogP contribution in [-0.4, -0.2) is 175 Å². The average Bonchev–Trinajstić information content (AvgIpc) is 1.63. The summed E-state index contributed by atoms with van der Waals surface area (Å²) in [5.41, 5.74) is 6.42. The zero-order chi connectivity index (χ0) is 94.2. The van der Waals surface area contributed by atoms with Crippen molar-refractivity contribution in [2.75, 3.05) is 40.6 Å². The Balaban J connectivity index is 0.000000731. The number of hydrogen-bond donors (Lipinski definition) is 0. The zero-order valence-corrected chi connectivity index (χ0v) is 89.9. The molecule has 0 aliphatic carbocycles. The van der Waals surface area contributed by atoms with E-state index in [1.807, 2.05) is 18.2 Å². The molecular weight excluding hydrogens is 1710 g/mol. The van der Waals surface area contributed by atoms with Crippen molar-refractivity contribution in [1.82, 2.24) is 0 Å². The van der Waals surface area contributed by atoms with E-state index < -0.39 is 67.8 Å². The van der Waals surface area contributed by atoms with Gasteiger partial charge in [0.2, 0.25) is 0 Å². The van der Waals surface area contributed by atoms with Crippen molar-refractivity contribution >= 4 is 79.4 Å². The van der Waals surface area contributed by atoms with Crippen LogP contribution >= 0.6 is 11.6 Å². The van der Waals surface area contributed by atoms with E-state index >= 15 is 0 Å². The number of carbonyl (C=O) groups excluding carboxylic acids is 2. The van der Waals surface area contributed by atoms with Crippen LogP contribution < -0.4 is 18.9 Å². The smallest absolute Gasteiger partial charge is 0.469 e. The fourth-order valence-electron chi connectivity index (χ4n) is 18.3. The van der Waals surface area contributed by atoms with Crippen molar-refractivity contribution in [1.29, 1.82) is 0 Å². The topological polar surface area (TPSA) is 213 Å². The first kappa shape index (κ1) is 119. The summed E-state index contributed by atoms with van der Waals surface area (Å²) in [6, 6.07) is 28.3. The molecule has 18 nitrogen and oxygen atoms in total. The van der Waals surface area contributed by atoms with Crippen LogP contribution in [0.3, 0.4) is 0 Å². The van der Waals surface area contributed by atoms with Crippen LogP contribution in [0.1, 0.15) is 264 Å². The third-order valence-electron chi connectivity index (χ3n) is 29.3. The molecule has 0 saturated carbocycles. The summed E-state index contributed by atoms with van der Waals surface area (Å²) in [6.07, 6.45) is 19.6. The summed E-state index contributed by atoms with van der Waals surface area (Å²) in [5, 5.41) is 0.373. The zero-order valence-electron chi connectivity index (χ0n) is 83.5. The summed E-state index contributed by atoms with van der Waals surface area (Å²) in [5.74, 6) is 1.81. The van der Waals surface area contributed by atoms with Gasteiger partial charge in [-0.05, 0) is 244 Å². The number of esters is 1. The van der Waals surface area contributed by atoms with Gasteiger partial charge >= 0.3 is 53.4 Å². The largest absolute Gasteiger partial charge is 1.00 e. The van der Waals surface area contributed by atoms with E-state index in [1.54, 1.807) is 0 Å². The monoisotopic (exact) mass is 1880 g/mol. The van der Waals surface area contributed by atoms with Crippen LogP contribution in [0.15, 0.2) is 109 Å². The molecule has 0 aromatic heterocycles.